The molecule has 0 atom stereocenters. The van der Waals surface area contributed by atoms with Crippen LogP contribution in [-0.4, -0.2) is 24.2 Å². The molecule has 5 nitrogen and oxygen atoms in total. The minimum Gasteiger partial charge on any atom is -0.504 e. The topological polar surface area (TPSA) is 72.8 Å². The van der Waals surface area contributed by atoms with E-state index in [2.05, 4.69) is 11.3 Å². The highest BCUT2D eigenvalue weighted by Crippen LogP contribution is 2.27. The number of hydrogen-bond acceptors (Lipinski definition) is 5. The molecule has 17 heavy (non-hydrogen) atoms. The van der Waals surface area contributed by atoms with Gasteiger partial charge in [0.2, 0.25) is 0 Å². The van der Waals surface area contributed by atoms with Crippen molar-refractivity contribution in [2.45, 2.75) is 6.92 Å². The van der Waals surface area contributed by atoms with Crippen LogP contribution in [0.25, 0.3) is 0 Å². The van der Waals surface area contributed by atoms with E-state index in [4.69, 9.17) is 4.74 Å². The van der Waals surface area contributed by atoms with Crippen molar-refractivity contribution in [2.75, 3.05) is 7.11 Å². The lowest BCUT2D eigenvalue weighted by atomic mass is 10.2. The van der Waals surface area contributed by atoms with Gasteiger partial charge in [-0.1, -0.05) is 6.58 Å². The van der Waals surface area contributed by atoms with Crippen molar-refractivity contribution >= 4 is 11.9 Å². The third-order valence-corrected chi connectivity index (χ3v) is 1.93. The lowest BCUT2D eigenvalue weighted by Gasteiger charge is -2.07. The van der Waals surface area contributed by atoms with Crippen molar-refractivity contribution in [1.82, 2.24) is 0 Å². The number of benzene rings is 1. The van der Waals surface area contributed by atoms with Crippen molar-refractivity contribution in [3.63, 3.8) is 0 Å². The summed E-state index contributed by atoms with van der Waals surface area (Å²) >= 11 is 0. The van der Waals surface area contributed by atoms with Crippen LogP contribution >= 0.6 is 0 Å². The minimum atomic E-state index is -0.678. The largest absolute Gasteiger partial charge is 0.504 e. The van der Waals surface area contributed by atoms with Gasteiger partial charge in [-0.2, -0.15) is 0 Å². The molecule has 5 heteroatoms. The highest BCUT2D eigenvalue weighted by atomic mass is 16.5. The Kier molecular flexibility index (Phi) is 3.87. The molecular formula is C12H12O5. The van der Waals surface area contributed by atoms with Crippen LogP contribution in [-0.2, 0) is 9.53 Å². The normalized spacial score (nSPS) is 9.53. The van der Waals surface area contributed by atoms with Crippen molar-refractivity contribution in [1.29, 1.82) is 0 Å². The number of rotatable bonds is 3. The van der Waals surface area contributed by atoms with E-state index in [1.165, 1.54) is 32.2 Å². The summed E-state index contributed by atoms with van der Waals surface area (Å²) in [6.07, 6.45) is 0. The highest BCUT2D eigenvalue weighted by molar-refractivity contribution is 5.92. The molecule has 0 amide bonds. The Balaban J connectivity index is 3.02. The Morgan fingerprint density at radius 2 is 2.00 bits per heavy atom. The van der Waals surface area contributed by atoms with E-state index >= 15 is 0 Å². The van der Waals surface area contributed by atoms with E-state index in [9.17, 15) is 14.7 Å². The molecule has 90 valence electrons. The van der Waals surface area contributed by atoms with Crippen molar-refractivity contribution in [2.24, 2.45) is 0 Å². The summed E-state index contributed by atoms with van der Waals surface area (Å²) in [6.45, 7) is 4.88. The molecule has 1 rings (SSSR count). The van der Waals surface area contributed by atoms with Gasteiger partial charge in [-0.15, -0.1) is 0 Å². The van der Waals surface area contributed by atoms with E-state index in [1.54, 1.807) is 0 Å². The standard InChI is InChI=1S/C12H12O5/c1-7(2)11(14)17-10-6-8(12(15)16-3)4-5-9(10)13/h4-6,13H,1H2,2-3H3. The number of phenols is 1. The molecule has 0 saturated carbocycles. The SMILES string of the molecule is C=C(C)C(=O)Oc1cc(C(=O)OC)ccc1O. The Morgan fingerprint density at radius 1 is 1.35 bits per heavy atom. The van der Waals surface area contributed by atoms with E-state index in [0.29, 0.717) is 0 Å². The smallest absolute Gasteiger partial charge is 0.338 e. The third kappa shape index (κ3) is 3.07. The summed E-state index contributed by atoms with van der Waals surface area (Å²) in [4.78, 5) is 22.5. The van der Waals surface area contributed by atoms with Gasteiger partial charge < -0.3 is 14.6 Å². The van der Waals surface area contributed by atoms with Gasteiger partial charge in [0.1, 0.15) is 0 Å². The molecule has 0 aromatic heterocycles. The van der Waals surface area contributed by atoms with Gasteiger partial charge in [0.05, 0.1) is 12.7 Å². The molecule has 0 unspecified atom stereocenters. The predicted molar refractivity (Wildman–Crippen MR) is 59.9 cm³/mol. The van der Waals surface area contributed by atoms with Crippen LogP contribution in [0.3, 0.4) is 0 Å². The number of hydrogen-bond donors (Lipinski definition) is 1. The molecule has 0 aliphatic carbocycles. The highest BCUT2D eigenvalue weighted by Gasteiger charge is 2.13. The summed E-state index contributed by atoms with van der Waals surface area (Å²) in [7, 11) is 1.23. The molecule has 1 N–H and O–H groups in total. The summed E-state index contributed by atoms with van der Waals surface area (Å²) in [5.74, 6) is -1.62. The zero-order chi connectivity index (χ0) is 13.0. The van der Waals surface area contributed by atoms with E-state index in [0.717, 1.165) is 0 Å². The lowest BCUT2D eigenvalue weighted by molar-refractivity contribution is -0.130. The Labute approximate surface area is 98.3 Å². The average molecular weight is 236 g/mol. The molecule has 1 aromatic carbocycles. The van der Waals surface area contributed by atoms with Crippen LogP contribution in [0.2, 0.25) is 0 Å². The Morgan fingerprint density at radius 3 is 2.53 bits per heavy atom. The molecule has 0 aliphatic rings. The number of phenolic OH excluding ortho intramolecular Hbond substituents is 1. The number of carbonyl (C=O) groups is 2. The van der Waals surface area contributed by atoms with Gasteiger partial charge in [-0.25, -0.2) is 9.59 Å². The third-order valence-electron chi connectivity index (χ3n) is 1.93. The first-order chi connectivity index (χ1) is 7.95. The number of carbonyl (C=O) groups excluding carboxylic acids is 2. The molecule has 0 radical (unpaired) electrons. The monoisotopic (exact) mass is 236 g/mol. The van der Waals surface area contributed by atoms with Crippen molar-refractivity contribution < 1.29 is 24.2 Å². The molecule has 0 bridgehead atoms. The molecule has 0 aliphatic heterocycles. The van der Waals surface area contributed by atoms with Crippen LogP contribution in [0, 0.1) is 0 Å². The average Bonchev–Trinajstić information content (AvgIpc) is 2.30. The Hall–Kier alpha value is -2.30. The fourth-order valence-corrected chi connectivity index (χ4v) is 1.03. The minimum absolute atomic E-state index is 0.110. The van der Waals surface area contributed by atoms with Gasteiger partial charge >= 0.3 is 11.9 Å². The van der Waals surface area contributed by atoms with Crippen molar-refractivity contribution in [3.8, 4) is 11.5 Å². The molecule has 0 fully saturated rings. The first-order valence-corrected chi connectivity index (χ1v) is 4.74. The predicted octanol–water partition coefficient (Wildman–Crippen LogP) is 1.66. The van der Waals surface area contributed by atoms with E-state index in [-0.39, 0.29) is 22.6 Å². The van der Waals surface area contributed by atoms with Gasteiger partial charge in [0.25, 0.3) is 0 Å². The van der Waals surface area contributed by atoms with Crippen LogP contribution in [0.5, 0.6) is 11.5 Å². The quantitative estimate of drug-likeness (QED) is 0.491. The summed E-state index contributed by atoms with van der Waals surface area (Å²) < 4.78 is 9.35. The number of esters is 2. The second kappa shape index (κ2) is 5.16. The van der Waals surface area contributed by atoms with E-state index < -0.39 is 11.9 Å². The summed E-state index contributed by atoms with van der Waals surface area (Å²) in [5.41, 5.74) is 0.364. The van der Waals surface area contributed by atoms with Crippen LogP contribution in [0.15, 0.2) is 30.4 Å². The second-order valence-electron chi connectivity index (χ2n) is 3.34. The first kappa shape index (κ1) is 12.8. The molecule has 0 heterocycles. The van der Waals surface area contributed by atoms with Crippen LogP contribution < -0.4 is 4.74 Å². The van der Waals surface area contributed by atoms with Gasteiger partial charge in [0, 0.05) is 5.57 Å². The lowest BCUT2D eigenvalue weighted by Crippen LogP contribution is -2.09. The number of ether oxygens (including phenoxy) is 2. The summed E-state index contributed by atoms with van der Waals surface area (Å²) in [5, 5.41) is 9.46. The molecule has 0 spiro atoms. The fraction of sp³-hybridized carbons (Fsp3) is 0.167. The van der Waals surface area contributed by atoms with Gasteiger partial charge in [-0.3, -0.25) is 0 Å². The maximum absolute atomic E-state index is 11.3. The zero-order valence-corrected chi connectivity index (χ0v) is 9.52. The van der Waals surface area contributed by atoms with E-state index in [1.807, 2.05) is 0 Å². The number of aromatic hydroxyl groups is 1. The maximum Gasteiger partial charge on any atom is 0.338 e. The first-order valence-electron chi connectivity index (χ1n) is 4.74. The van der Waals surface area contributed by atoms with Crippen LogP contribution in [0.4, 0.5) is 0 Å². The van der Waals surface area contributed by atoms with Gasteiger partial charge in [-0.05, 0) is 25.1 Å². The number of methoxy groups -OCH3 is 1. The fourth-order valence-electron chi connectivity index (χ4n) is 1.03. The summed E-state index contributed by atoms with van der Waals surface area (Å²) in [6, 6.07) is 3.83. The molecule has 0 saturated heterocycles. The second-order valence-corrected chi connectivity index (χ2v) is 3.34. The maximum atomic E-state index is 11.3. The molecule has 1 aromatic rings. The van der Waals surface area contributed by atoms with Crippen LogP contribution in [0.1, 0.15) is 17.3 Å². The van der Waals surface area contributed by atoms with Gasteiger partial charge in [0.15, 0.2) is 11.5 Å². The Bertz CT molecular complexity index is 476. The van der Waals surface area contributed by atoms with Crippen molar-refractivity contribution in [3.05, 3.63) is 35.9 Å². The zero-order valence-electron chi connectivity index (χ0n) is 9.52. The molecular weight excluding hydrogens is 224 g/mol.